The van der Waals surface area contributed by atoms with Crippen LogP contribution in [0.5, 0.6) is 0 Å². The Morgan fingerprint density at radius 2 is 1.62 bits per heavy atom. The molecule has 0 unspecified atom stereocenters. The van der Waals surface area contributed by atoms with Gasteiger partial charge in [-0.05, 0) is 37.6 Å². The van der Waals surface area contributed by atoms with E-state index in [1.165, 1.54) is 50.3 Å². The highest BCUT2D eigenvalue weighted by Gasteiger charge is 2.24. The van der Waals surface area contributed by atoms with Crippen molar-refractivity contribution < 1.29 is 0 Å². The van der Waals surface area contributed by atoms with Gasteiger partial charge in [0, 0.05) is 37.8 Å². The minimum atomic E-state index is 0.776. The van der Waals surface area contributed by atoms with Crippen LogP contribution >= 0.6 is 0 Å². The first-order valence-corrected chi connectivity index (χ1v) is 6.36. The summed E-state index contributed by atoms with van der Waals surface area (Å²) in [6, 6.07) is 9.26. The molecule has 2 heterocycles. The third kappa shape index (κ3) is 1.82. The molecule has 0 N–H and O–H groups in total. The van der Waals surface area contributed by atoms with Crippen molar-refractivity contribution in [2.24, 2.45) is 0 Å². The van der Waals surface area contributed by atoms with Crippen LogP contribution < -0.4 is 4.90 Å². The van der Waals surface area contributed by atoms with Crippen LogP contribution in [0.2, 0.25) is 0 Å². The van der Waals surface area contributed by atoms with Crippen molar-refractivity contribution in [3.05, 3.63) is 29.8 Å². The highest BCUT2D eigenvalue weighted by Crippen LogP contribution is 2.28. The van der Waals surface area contributed by atoms with E-state index in [2.05, 4.69) is 41.1 Å². The number of likely N-dealkylation sites (N-methyl/N-ethyl adjacent to an activating group) is 1. The Morgan fingerprint density at radius 3 is 2.19 bits per heavy atom. The van der Waals surface area contributed by atoms with Crippen LogP contribution in [0.1, 0.15) is 24.3 Å². The Labute approximate surface area is 97.9 Å². The molecule has 0 aromatic heterocycles. The molecule has 0 amide bonds. The van der Waals surface area contributed by atoms with E-state index in [-0.39, 0.29) is 0 Å². The molecule has 0 radical (unpaired) electrons. The number of nitrogens with zero attached hydrogens (tertiary/aromatic N) is 2. The summed E-state index contributed by atoms with van der Waals surface area (Å²) >= 11 is 0. The lowest BCUT2D eigenvalue weighted by Gasteiger charge is -2.36. The normalized spacial score (nSPS) is 22.4. The number of likely N-dealkylation sites (tertiary alicyclic amines) is 1. The fraction of sp³-hybridized carbons (Fsp3) is 0.571. The molecule has 0 bridgehead atoms. The second-order valence-electron chi connectivity index (χ2n) is 5.20. The maximum atomic E-state index is 2.50. The van der Waals surface area contributed by atoms with Gasteiger partial charge in [-0.2, -0.15) is 0 Å². The molecule has 1 aromatic carbocycles. The molecule has 2 nitrogen and oxygen atoms in total. The molecule has 0 atom stereocenters. The minimum absolute atomic E-state index is 0.776. The van der Waals surface area contributed by atoms with Crippen LogP contribution in [0, 0.1) is 0 Å². The van der Waals surface area contributed by atoms with Crippen LogP contribution in [0.3, 0.4) is 0 Å². The summed E-state index contributed by atoms with van der Waals surface area (Å²) in [5.74, 6) is 0.776. The fourth-order valence-corrected chi connectivity index (χ4v) is 2.84. The van der Waals surface area contributed by atoms with Gasteiger partial charge in [0.05, 0.1) is 0 Å². The Kier molecular flexibility index (Phi) is 2.60. The van der Waals surface area contributed by atoms with Crippen molar-refractivity contribution in [3.63, 3.8) is 0 Å². The van der Waals surface area contributed by atoms with Crippen molar-refractivity contribution in [1.82, 2.24) is 4.90 Å². The molecule has 86 valence electrons. The lowest BCUT2D eigenvalue weighted by Crippen LogP contribution is -2.41. The molecule has 3 rings (SSSR count). The molecule has 0 aliphatic carbocycles. The van der Waals surface area contributed by atoms with E-state index < -0.39 is 0 Å². The summed E-state index contributed by atoms with van der Waals surface area (Å²) in [6.45, 7) is 4.93. The maximum absolute atomic E-state index is 2.50. The van der Waals surface area contributed by atoms with E-state index in [1.54, 1.807) is 0 Å². The Hall–Kier alpha value is -1.02. The van der Waals surface area contributed by atoms with Crippen LogP contribution in [0.15, 0.2) is 24.3 Å². The van der Waals surface area contributed by atoms with Gasteiger partial charge in [0.25, 0.3) is 0 Å². The Morgan fingerprint density at radius 1 is 1.00 bits per heavy atom. The second kappa shape index (κ2) is 4.10. The predicted octanol–water partition coefficient (Wildman–Crippen LogP) is 2.32. The van der Waals surface area contributed by atoms with Crippen molar-refractivity contribution in [2.75, 3.05) is 38.1 Å². The third-order valence-electron chi connectivity index (χ3n) is 3.90. The number of rotatable bonds is 2. The van der Waals surface area contributed by atoms with Crippen molar-refractivity contribution in [2.45, 2.75) is 18.8 Å². The number of hydrogen-bond acceptors (Lipinski definition) is 2. The highest BCUT2D eigenvalue weighted by molar-refractivity contribution is 5.49. The summed E-state index contributed by atoms with van der Waals surface area (Å²) < 4.78 is 0. The Balaban J connectivity index is 1.69. The van der Waals surface area contributed by atoms with Gasteiger partial charge in [0.1, 0.15) is 0 Å². The molecule has 0 saturated carbocycles. The summed E-state index contributed by atoms with van der Waals surface area (Å²) in [7, 11) is 2.19. The molecular formula is C14H20N2. The van der Waals surface area contributed by atoms with E-state index in [1.807, 2.05) is 0 Å². The van der Waals surface area contributed by atoms with E-state index in [0.29, 0.717) is 0 Å². The largest absolute Gasteiger partial charge is 0.372 e. The van der Waals surface area contributed by atoms with Gasteiger partial charge in [0.2, 0.25) is 0 Å². The number of hydrogen-bond donors (Lipinski definition) is 0. The predicted molar refractivity (Wildman–Crippen MR) is 68.1 cm³/mol. The van der Waals surface area contributed by atoms with E-state index >= 15 is 0 Å². The number of anilines is 1. The number of benzene rings is 1. The standard InChI is InChI=1S/C14H20N2/c1-15-10-13(11-15)12-4-6-14(7-5-12)16-8-2-3-9-16/h4-7,13H,2-3,8-11H2,1H3. The van der Waals surface area contributed by atoms with E-state index in [0.717, 1.165) is 5.92 Å². The summed E-state index contributed by atoms with van der Waals surface area (Å²) in [6.07, 6.45) is 2.71. The zero-order valence-electron chi connectivity index (χ0n) is 10.0. The lowest BCUT2D eigenvalue weighted by molar-refractivity contribution is 0.190. The van der Waals surface area contributed by atoms with Crippen LogP contribution in [-0.2, 0) is 0 Å². The first-order chi connectivity index (χ1) is 7.83. The van der Waals surface area contributed by atoms with Gasteiger partial charge in [0.15, 0.2) is 0 Å². The smallest absolute Gasteiger partial charge is 0.0366 e. The first-order valence-electron chi connectivity index (χ1n) is 6.36. The summed E-state index contributed by atoms with van der Waals surface area (Å²) in [4.78, 5) is 4.87. The zero-order valence-corrected chi connectivity index (χ0v) is 10.0. The van der Waals surface area contributed by atoms with E-state index in [9.17, 15) is 0 Å². The fourth-order valence-electron chi connectivity index (χ4n) is 2.84. The van der Waals surface area contributed by atoms with Crippen molar-refractivity contribution in [3.8, 4) is 0 Å². The van der Waals surface area contributed by atoms with Crippen molar-refractivity contribution in [1.29, 1.82) is 0 Å². The summed E-state index contributed by atoms with van der Waals surface area (Å²) in [5.41, 5.74) is 2.93. The molecule has 2 fully saturated rings. The maximum Gasteiger partial charge on any atom is 0.0366 e. The van der Waals surface area contributed by atoms with Crippen molar-refractivity contribution >= 4 is 5.69 Å². The summed E-state index contributed by atoms with van der Waals surface area (Å²) in [5, 5.41) is 0. The van der Waals surface area contributed by atoms with Gasteiger partial charge in [-0.1, -0.05) is 12.1 Å². The molecule has 16 heavy (non-hydrogen) atoms. The minimum Gasteiger partial charge on any atom is -0.372 e. The molecule has 2 saturated heterocycles. The Bertz CT molecular complexity index is 346. The van der Waals surface area contributed by atoms with Gasteiger partial charge in [-0.3, -0.25) is 0 Å². The first kappa shape index (κ1) is 10.2. The average molecular weight is 216 g/mol. The molecule has 0 spiro atoms. The molecule has 2 aliphatic heterocycles. The average Bonchev–Trinajstić information content (AvgIpc) is 2.79. The second-order valence-corrected chi connectivity index (χ2v) is 5.20. The topological polar surface area (TPSA) is 6.48 Å². The third-order valence-corrected chi connectivity index (χ3v) is 3.90. The van der Waals surface area contributed by atoms with Crippen LogP contribution in [-0.4, -0.2) is 38.1 Å². The molecule has 1 aromatic rings. The van der Waals surface area contributed by atoms with Gasteiger partial charge in [-0.25, -0.2) is 0 Å². The van der Waals surface area contributed by atoms with Crippen LogP contribution in [0.25, 0.3) is 0 Å². The molecule has 2 heteroatoms. The zero-order chi connectivity index (χ0) is 11.0. The van der Waals surface area contributed by atoms with E-state index in [4.69, 9.17) is 0 Å². The monoisotopic (exact) mass is 216 g/mol. The quantitative estimate of drug-likeness (QED) is 0.748. The lowest BCUT2D eigenvalue weighted by atomic mass is 9.92. The van der Waals surface area contributed by atoms with Crippen LogP contribution in [0.4, 0.5) is 5.69 Å². The van der Waals surface area contributed by atoms with Gasteiger partial charge >= 0.3 is 0 Å². The SMILES string of the molecule is CN1CC(c2ccc(N3CCCC3)cc2)C1. The molecular weight excluding hydrogens is 196 g/mol. The van der Waals surface area contributed by atoms with Gasteiger partial charge < -0.3 is 9.80 Å². The van der Waals surface area contributed by atoms with Gasteiger partial charge in [-0.15, -0.1) is 0 Å². The molecule has 2 aliphatic rings. The highest BCUT2D eigenvalue weighted by atomic mass is 15.2.